The van der Waals surface area contributed by atoms with Crippen LogP contribution in [-0.2, 0) is 0 Å². The maximum Gasteiger partial charge on any atom is 0.270 e. The van der Waals surface area contributed by atoms with Gasteiger partial charge in [-0.15, -0.1) is 0 Å². The van der Waals surface area contributed by atoms with Gasteiger partial charge < -0.3 is 4.42 Å². The first-order chi connectivity index (χ1) is 13.0. The van der Waals surface area contributed by atoms with E-state index in [9.17, 15) is 25.5 Å². The normalized spacial score (nSPS) is 11.0. The summed E-state index contributed by atoms with van der Waals surface area (Å²) in [5.74, 6) is 0.803. The van der Waals surface area contributed by atoms with Gasteiger partial charge in [0, 0.05) is 29.8 Å². The molecular formula is C19H11N3O5. The topological polar surface area (TPSA) is 123 Å². The number of benzene rings is 2. The molecule has 132 valence electrons. The van der Waals surface area contributed by atoms with E-state index in [0.717, 1.165) is 0 Å². The van der Waals surface area contributed by atoms with Crippen LogP contribution in [0, 0.1) is 31.6 Å². The van der Waals surface area contributed by atoms with Crippen LogP contribution in [0.15, 0.2) is 65.1 Å². The van der Waals surface area contributed by atoms with E-state index < -0.39 is 9.85 Å². The van der Waals surface area contributed by atoms with E-state index in [4.69, 9.17) is 4.42 Å². The summed E-state index contributed by atoms with van der Waals surface area (Å²) in [6.07, 6.45) is 1.50. The summed E-state index contributed by atoms with van der Waals surface area (Å²) in [5, 5.41) is 31.0. The van der Waals surface area contributed by atoms with Gasteiger partial charge in [-0.3, -0.25) is 20.2 Å². The fourth-order valence-electron chi connectivity index (χ4n) is 2.44. The van der Waals surface area contributed by atoms with Crippen molar-refractivity contribution in [3.63, 3.8) is 0 Å². The monoisotopic (exact) mass is 361 g/mol. The summed E-state index contributed by atoms with van der Waals surface area (Å²) in [7, 11) is 0. The third kappa shape index (κ3) is 3.88. The molecule has 0 aliphatic rings. The van der Waals surface area contributed by atoms with Crippen LogP contribution < -0.4 is 0 Å². The summed E-state index contributed by atoms with van der Waals surface area (Å²) < 4.78 is 5.66. The molecule has 1 heterocycles. The lowest BCUT2D eigenvalue weighted by Crippen LogP contribution is -1.88. The molecule has 0 atom stereocenters. The number of hydrogen-bond donors (Lipinski definition) is 0. The summed E-state index contributed by atoms with van der Waals surface area (Å²) in [5.41, 5.74) is 1.20. The highest BCUT2D eigenvalue weighted by molar-refractivity contribution is 5.89. The second-order valence-corrected chi connectivity index (χ2v) is 5.48. The molecule has 0 bridgehead atoms. The molecule has 3 rings (SSSR count). The lowest BCUT2D eigenvalue weighted by atomic mass is 10.1. The summed E-state index contributed by atoms with van der Waals surface area (Å²) in [6, 6.07) is 16.9. The molecular weight excluding hydrogens is 350 g/mol. The first-order valence-corrected chi connectivity index (χ1v) is 7.69. The number of nitro groups is 2. The Morgan fingerprint density at radius 2 is 1.67 bits per heavy atom. The lowest BCUT2D eigenvalue weighted by molar-refractivity contribution is -0.385. The van der Waals surface area contributed by atoms with Gasteiger partial charge in [0.05, 0.1) is 21.5 Å². The minimum absolute atomic E-state index is 0.0513. The van der Waals surface area contributed by atoms with Gasteiger partial charge in [-0.2, -0.15) is 5.26 Å². The van der Waals surface area contributed by atoms with E-state index in [1.807, 2.05) is 6.07 Å². The highest BCUT2D eigenvalue weighted by Gasteiger charge is 2.11. The van der Waals surface area contributed by atoms with E-state index in [0.29, 0.717) is 22.6 Å². The highest BCUT2D eigenvalue weighted by Crippen LogP contribution is 2.28. The quantitative estimate of drug-likeness (QED) is 0.364. The molecule has 3 aromatic rings. The molecule has 2 aromatic carbocycles. The Morgan fingerprint density at radius 1 is 0.963 bits per heavy atom. The molecule has 0 unspecified atom stereocenters. The number of non-ortho nitro benzene ring substituents is 2. The van der Waals surface area contributed by atoms with Crippen molar-refractivity contribution in [2.45, 2.75) is 0 Å². The molecule has 8 nitrogen and oxygen atoms in total. The maximum atomic E-state index is 10.9. The second-order valence-electron chi connectivity index (χ2n) is 5.48. The van der Waals surface area contributed by atoms with Crippen molar-refractivity contribution in [3.8, 4) is 17.4 Å². The second kappa shape index (κ2) is 7.33. The molecule has 8 heteroatoms. The van der Waals surface area contributed by atoms with Gasteiger partial charge in [-0.05, 0) is 35.9 Å². The van der Waals surface area contributed by atoms with Gasteiger partial charge in [-0.1, -0.05) is 12.1 Å². The zero-order chi connectivity index (χ0) is 19.4. The van der Waals surface area contributed by atoms with E-state index in [1.165, 1.54) is 42.5 Å². The Morgan fingerprint density at radius 3 is 2.30 bits per heavy atom. The SMILES string of the molecule is N#C/C(=C\c1ccc(-c2cccc([N+](=O)[O-])c2)o1)c1ccc([N+](=O)[O-])cc1. The largest absolute Gasteiger partial charge is 0.457 e. The fraction of sp³-hybridized carbons (Fsp3) is 0. The fourth-order valence-corrected chi connectivity index (χ4v) is 2.44. The minimum Gasteiger partial charge on any atom is -0.457 e. The van der Waals surface area contributed by atoms with Crippen molar-refractivity contribution in [2.24, 2.45) is 0 Å². The first-order valence-electron chi connectivity index (χ1n) is 7.69. The van der Waals surface area contributed by atoms with Crippen LogP contribution in [0.2, 0.25) is 0 Å². The maximum absolute atomic E-state index is 10.9. The summed E-state index contributed by atoms with van der Waals surface area (Å²) >= 11 is 0. The molecule has 0 saturated carbocycles. The van der Waals surface area contributed by atoms with Crippen molar-refractivity contribution >= 4 is 23.0 Å². The molecule has 0 amide bonds. The average Bonchev–Trinajstić information content (AvgIpc) is 3.15. The molecule has 27 heavy (non-hydrogen) atoms. The highest BCUT2D eigenvalue weighted by atomic mass is 16.6. The van der Waals surface area contributed by atoms with Crippen LogP contribution in [0.1, 0.15) is 11.3 Å². The summed E-state index contributed by atoms with van der Waals surface area (Å²) in [6.45, 7) is 0. The van der Waals surface area contributed by atoms with Crippen molar-refractivity contribution < 1.29 is 14.3 Å². The Hall–Kier alpha value is -4.25. The third-order valence-electron chi connectivity index (χ3n) is 3.76. The van der Waals surface area contributed by atoms with E-state index in [2.05, 4.69) is 0 Å². The van der Waals surface area contributed by atoms with Crippen LogP contribution in [0.25, 0.3) is 23.0 Å². The molecule has 0 saturated heterocycles. The number of nitro benzene ring substituents is 2. The predicted molar refractivity (Wildman–Crippen MR) is 97.4 cm³/mol. The number of nitrogens with zero attached hydrogens (tertiary/aromatic N) is 3. The van der Waals surface area contributed by atoms with Crippen molar-refractivity contribution in [1.82, 2.24) is 0 Å². The van der Waals surface area contributed by atoms with Gasteiger partial charge in [0.1, 0.15) is 11.5 Å². The smallest absolute Gasteiger partial charge is 0.270 e. The minimum atomic E-state index is -0.516. The van der Waals surface area contributed by atoms with Gasteiger partial charge in [0.15, 0.2) is 0 Å². The first kappa shape index (κ1) is 17.6. The average molecular weight is 361 g/mol. The van der Waals surface area contributed by atoms with Crippen LogP contribution in [0.4, 0.5) is 11.4 Å². The van der Waals surface area contributed by atoms with Gasteiger partial charge in [0.2, 0.25) is 0 Å². The number of rotatable bonds is 5. The van der Waals surface area contributed by atoms with Crippen LogP contribution in [0.3, 0.4) is 0 Å². The molecule has 0 N–H and O–H groups in total. The number of allylic oxidation sites excluding steroid dienone is 1. The Bertz CT molecular complexity index is 1090. The zero-order valence-electron chi connectivity index (χ0n) is 13.7. The molecule has 0 aliphatic heterocycles. The zero-order valence-corrected chi connectivity index (χ0v) is 13.7. The molecule has 0 spiro atoms. The molecule has 0 aliphatic carbocycles. The van der Waals surface area contributed by atoms with Crippen molar-refractivity contribution in [2.75, 3.05) is 0 Å². The number of hydrogen-bond acceptors (Lipinski definition) is 6. The van der Waals surface area contributed by atoms with Crippen molar-refractivity contribution in [1.29, 1.82) is 5.26 Å². The standard InChI is InChI=1S/C19H11N3O5/c20-12-15(13-4-6-16(7-5-13)21(23)24)11-18-8-9-19(27-18)14-2-1-3-17(10-14)22(25)26/h1-11H/b15-11+. The predicted octanol–water partition coefficient (Wildman–Crippen LogP) is 4.83. The van der Waals surface area contributed by atoms with Crippen LogP contribution >= 0.6 is 0 Å². The van der Waals surface area contributed by atoms with Gasteiger partial charge in [-0.25, -0.2) is 0 Å². The molecule has 0 radical (unpaired) electrons. The van der Waals surface area contributed by atoms with E-state index in [1.54, 1.807) is 24.3 Å². The van der Waals surface area contributed by atoms with E-state index >= 15 is 0 Å². The Labute approximate surface area is 152 Å². The number of nitriles is 1. The van der Waals surface area contributed by atoms with Crippen LogP contribution in [0.5, 0.6) is 0 Å². The lowest BCUT2D eigenvalue weighted by Gasteiger charge is -1.99. The number of furan rings is 1. The third-order valence-corrected chi connectivity index (χ3v) is 3.76. The van der Waals surface area contributed by atoms with Gasteiger partial charge in [0.25, 0.3) is 11.4 Å². The Kier molecular flexibility index (Phi) is 4.77. The van der Waals surface area contributed by atoms with Gasteiger partial charge >= 0.3 is 0 Å². The molecule has 0 fully saturated rings. The van der Waals surface area contributed by atoms with Crippen molar-refractivity contribution in [3.05, 3.63) is 92.2 Å². The van der Waals surface area contributed by atoms with Crippen LogP contribution in [-0.4, -0.2) is 9.85 Å². The molecule has 1 aromatic heterocycles. The summed E-state index contributed by atoms with van der Waals surface area (Å²) in [4.78, 5) is 20.6. The Balaban J connectivity index is 1.91. The van der Waals surface area contributed by atoms with E-state index in [-0.39, 0.29) is 16.9 Å².